The van der Waals surface area contributed by atoms with Crippen molar-refractivity contribution < 1.29 is 22.7 Å². The Morgan fingerprint density at radius 2 is 1.74 bits per heavy atom. The quantitative estimate of drug-likeness (QED) is 0.789. The van der Waals surface area contributed by atoms with Crippen molar-refractivity contribution >= 4 is 28.0 Å². The molecule has 2 amide bonds. The minimum absolute atomic E-state index is 0.0681. The van der Waals surface area contributed by atoms with Crippen LogP contribution in [0.3, 0.4) is 0 Å². The fourth-order valence-electron chi connectivity index (χ4n) is 1.65. The largest absolute Gasteiger partial charge is 0.465 e. The molecule has 9 nitrogen and oxygen atoms in total. The third kappa shape index (κ3) is 4.01. The van der Waals surface area contributed by atoms with Gasteiger partial charge >= 0.3 is 12.0 Å². The van der Waals surface area contributed by atoms with Gasteiger partial charge in [0.1, 0.15) is 4.90 Å². The van der Waals surface area contributed by atoms with E-state index in [9.17, 15) is 18.0 Å². The number of aromatic nitrogens is 2. The summed E-state index contributed by atoms with van der Waals surface area (Å²) in [5.74, 6) is -0.903. The van der Waals surface area contributed by atoms with Crippen LogP contribution in [0.25, 0.3) is 0 Å². The predicted molar refractivity (Wildman–Crippen MR) is 79.2 cm³/mol. The molecule has 1 heterocycles. The predicted octanol–water partition coefficient (Wildman–Crippen LogP) is 0.774. The second kappa shape index (κ2) is 6.83. The third-order valence-corrected chi connectivity index (χ3v) is 3.99. The van der Waals surface area contributed by atoms with Gasteiger partial charge in [-0.15, -0.1) is 0 Å². The van der Waals surface area contributed by atoms with E-state index in [0.29, 0.717) is 0 Å². The Balaban J connectivity index is 2.23. The van der Waals surface area contributed by atoms with E-state index in [-0.39, 0.29) is 16.4 Å². The topological polar surface area (TPSA) is 127 Å². The number of rotatable bonds is 4. The highest BCUT2D eigenvalue weighted by atomic mass is 32.2. The lowest BCUT2D eigenvalue weighted by Gasteiger charge is -2.10. The molecule has 0 fully saturated rings. The number of benzene rings is 1. The van der Waals surface area contributed by atoms with Crippen molar-refractivity contribution in [1.29, 1.82) is 0 Å². The molecule has 2 N–H and O–H groups in total. The Kier molecular flexibility index (Phi) is 4.86. The van der Waals surface area contributed by atoms with Gasteiger partial charge < -0.3 is 4.74 Å². The SMILES string of the molecule is COC(=O)c1ccccc1S(=O)(=O)NC(=O)Nc1ncccn1. The van der Waals surface area contributed by atoms with Crippen molar-refractivity contribution in [2.75, 3.05) is 12.4 Å². The summed E-state index contributed by atoms with van der Waals surface area (Å²) in [5, 5.41) is 2.16. The van der Waals surface area contributed by atoms with Gasteiger partial charge in [-0.25, -0.2) is 32.7 Å². The number of urea groups is 1. The van der Waals surface area contributed by atoms with Crippen molar-refractivity contribution in [3.63, 3.8) is 0 Å². The lowest BCUT2D eigenvalue weighted by atomic mass is 10.2. The van der Waals surface area contributed by atoms with E-state index in [0.717, 1.165) is 7.11 Å². The van der Waals surface area contributed by atoms with Gasteiger partial charge in [-0.05, 0) is 18.2 Å². The minimum atomic E-state index is -4.28. The maximum Gasteiger partial charge on any atom is 0.339 e. The van der Waals surface area contributed by atoms with Crippen molar-refractivity contribution in [1.82, 2.24) is 14.7 Å². The van der Waals surface area contributed by atoms with E-state index in [2.05, 4.69) is 20.0 Å². The van der Waals surface area contributed by atoms with E-state index in [4.69, 9.17) is 0 Å². The van der Waals surface area contributed by atoms with Crippen LogP contribution < -0.4 is 10.0 Å². The molecule has 120 valence electrons. The van der Waals surface area contributed by atoms with E-state index in [1.807, 2.05) is 0 Å². The van der Waals surface area contributed by atoms with E-state index >= 15 is 0 Å². The molecule has 23 heavy (non-hydrogen) atoms. The normalized spacial score (nSPS) is 10.7. The molecule has 0 unspecified atom stereocenters. The van der Waals surface area contributed by atoms with Gasteiger partial charge in [0.25, 0.3) is 10.0 Å². The van der Waals surface area contributed by atoms with Crippen molar-refractivity contribution in [2.45, 2.75) is 4.90 Å². The first-order chi connectivity index (χ1) is 10.9. The second-order valence-corrected chi connectivity index (χ2v) is 5.77. The number of hydrogen-bond donors (Lipinski definition) is 2. The molecule has 1 aromatic carbocycles. The Bertz CT molecular complexity index is 823. The zero-order valence-corrected chi connectivity index (χ0v) is 12.7. The number of carbonyl (C=O) groups is 2. The standard InChI is InChI=1S/C13H12N4O5S/c1-22-11(18)9-5-2-3-6-10(9)23(20,21)17-13(19)16-12-14-7-4-8-15-12/h2-8H,1H3,(H2,14,15,16,17,19). The summed E-state index contributed by atoms with van der Waals surface area (Å²) in [6.07, 6.45) is 2.76. The molecule has 0 radical (unpaired) electrons. The molecule has 2 rings (SSSR count). The van der Waals surface area contributed by atoms with E-state index in [1.165, 1.54) is 42.7 Å². The molecule has 0 aliphatic rings. The molecule has 10 heteroatoms. The van der Waals surface area contributed by atoms with Crippen LogP contribution in [-0.2, 0) is 14.8 Å². The fraction of sp³-hybridized carbons (Fsp3) is 0.0769. The first-order valence-electron chi connectivity index (χ1n) is 6.22. The molecule has 0 bridgehead atoms. The lowest BCUT2D eigenvalue weighted by Crippen LogP contribution is -2.35. The van der Waals surface area contributed by atoms with Crippen molar-refractivity contribution in [2.24, 2.45) is 0 Å². The number of esters is 1. The van der Waals surface area contributed by atoms with Crippen LogP contribution >= 0.6 is 0 Å². The summed E-state index contributed by atoms with van der Waals surface area (Å²) >= 11 is 0. The number of anilines is 1. The average Bonchev–Trinajstić information content (AvgIpc) is 2.54. The highest BCUT2D eigenvalue weighted by Gasteiger charge is 2.24. The van der Waals surface area contributed by atoms with Crippen molar-refractivity contribution in [3.8, 4) is 0 Å². The first kappa shape index (κ1) is 16.4. The second-order valence-electron chi connectivity index (χ2n) is 4.12. The zero-order valence-electron chi connectivity index (χ0n) is 11.9. The lowest BCUT2D eigenvalue weighted by molar-refractivity contribution is 0.0596. The summed E-state index contributed by atoms with van der Waals surface area (Å²) in [5.41, 5.74) is -0.189. The smallest absolute Gasteiger partial charge is 0.339 e. The minimum Gasteiger partial charge on any atom is -0.465 e. The number of methoxy groups -OCH3 is 1. The number of sulfonamides is 1. The fourth-order valence-corrected chi connectivity index (χ4v) is 2.75. The maximum atomic E-state index is 12.3. The molecular formula is C13H12N4O5S. The zero-order chi connectivity index (χ0) is 16.9. The Morgan fingerprint density at radius 3 is 2.39 bits per heavy atom. The first-order valence-corrected chi connectivity index (χ1v) is 7.70. The van der Waals surface area contributed by atoms with E-state index in [1.54, 1.807) is 4.72 Å². The van der Waals surface area contributed by atoms with Gasteiger partial charge in [0.05, 0.1) is 12.7 Å². The number of nitrogens with one attached hydrogen (secondary N) is 2. The summed E-state index contributed by atoms with van der Waals surface area (Å²) in [4.78, 5) is 30.5. The summed E-state index contributed by atoms with van der Waals surface area (Å²) < 4.78 is 30.8. The number of carbonyl (C=O) groups excluding carboxylic acids is 2. The molecule has 0 aliphatic carbocycles. The summed E-state index contributed by atoms with van der Waals surface area (Å²) in [7, 11) is -3.16. The van der Waals surface area contributed by atoms with Crippen LogP contribution in [0.15, 0.2) is 47.6 Å². The highest BCUT2D eigenvalue weighted by molar-refractivity contribution is 7.90. The Hall–Kier alpha value is -3.01. The molecule has 0 spiro atoms. The van der Waals surface area contributed by atoms with Gasteiger partial charge in [0.2, 0.25) is 5.95 Å². The maximum absolute atomic E-state index is 12.3. The van der Waals surface area contributed by atoms with Gasteiger partial charge in [-0.2, -0.15) is 0 Å². The molecule has 0 saturated carbocycles. The van der Waals surface area contributed by atoms with Gasteiger partial charge in [0, 0.05) is 12.4 Å². The molecule has 0 atom stereocenters. The number of ether oxygens (including phenoxy) is 1. The molecule has 2 aromatic rings. The van der Waals surface area contributed by atoms with Crippen LogP contribution in [0.4, 0.5) is 10.7 Å². The van der Waals surface area contributed by atoms with Gasteiger partial charge in [-0.3, -0.25) is 5.32 Å². The average molecular weight is 336 g/mol. The highest BCUT2D eigenvalue weighted by Crippen LogP contribution is 2.16. The van der Waals surface area contributed by atoms with Crippen LogP contribution in [-0.4, -0.2) is 37.5 Å². The molecule has 0 aliphatic heterocycles. The summed E-state index contributed by atoms with van der Waals surface area (Å²) in [6.45, 7) is 0. The van der Waals surface area contributed by atoms with Crippen LogP contribution in [0.5, 0.6) is 0 Å². The summed E-state index contributed by atoms with van der Waals surface area (Å²) in [6, 6.07) is 5.82. The van der Waals surface area contributed by atoms with Crippen molar-refractivity contribution in [3.05, 3.63) is 48.3 Å². The molecular weight excluding hydrogens is 324 g/mol. The van der Waals surface area contributed by atoms with Gasteiger partial charge in [-0.1, -0.05) is 12.1 Å². The number of amides is 2. The van der Waals surface area contributed by atoms with Gasteiger partial charge in [0.15, 0.2) is 0 Å². The molecule has 0 saturated heterocycles. The monoisotopic (exact) mass is 336 g/mol. The third-order valence-electron chi connectivity index (χ3n) is 2.60. The Labute approximate surface area is 131 Å². The van der Waals surface area contributed by atoms with Crippen LogP contribution in [0, 0.1) is 0 Å². The number of nitrogens with zero attached hydrogens (tertiary/aromatic N) is 2. The van der Waals surface area contributed by atoms with Crippen LogP contribution in [0.2, 0.25) is 0 Å². The van der Waals surface area contributed by atoms with E-state index < -0.39 is 22.0 Å². The number of hydrogen-bond acceptors (Lipinski definition) is 7. The molecule has 1 aromatic heterocycles. The Morgan fingerprint density at radius 1 is 1.09 bits per heavy atom. The van der Waals surface area contributed by atoms with Crippen LogP contribution in [0.1, 0.15) is 10.4 Å².